The van der Waals surface area contributed by atoms with Gasteiger partial charge in [-0.3, -0.25) is 9.59 Å². The number of nitrogens with one attached hydrogen (secondary N) is 1. The second-order valence-corrected chi connectivity index (χ2v) is 5.74. The Hall–Kier alpha value is -1.59. The highest BCUT2D eigenvalue weighted by atomic mass is 35.5. The van der Waals surface area contributed by atoms with Gasteiger partial charge in [0.1, 0.15) is 0 Å². The molecule has 1 fully saturated rings. The Balaban J connectivity index is 1.87. The van der Waals surface area contributed by atoms with Crippen LogP contribution in [0, 0.1) is 5.92 Å². The molecule has 21 heavy (non-hydrogen) atoms. The van der Waals surface area contributed by atoms with Crippen LogP contribution in [0.4, 0.5) is 0 Å². The lowest BCUT2D eigenvalue weighted by molar-refractivity contribution is -0.134. The first-order valence-electron chi connectivity index (χ1n) is 6.97. The number of piperidine rings is 1. The van der Waals surface area contributed by atoms with Gasteiger partial charge in [0.05, 0.1) is 23.2 Å². The lowest BCUT2D eigenvalue weighted by Gasteiger charge is -2.34. The van der Waals surface area contributed by atoms with Crippen molar-refractivity contribution in [2.75, 3.05) is 19.6 Å². The van der Waals surface area contributed by atoms with E-state index in [-0.39, 0.29) is 24.3 Å². The maximum Gasteiger partial charge on any atom is 0.253 e. The smallest absolute Gasteiger partial charge is 0.253 e. The van der Waals surface area contributed by atoms with E-state index in [0.29, 0.717) is 23.7 Å². The molecule has 0 spiro atoms. The molecule has 1 aliphatic rings. The molecular formula is C15H19ClN2O3. The minimum Gasteiger partial charge on any atom is -0.391 e. The predicted molar refractivity (Wildman–Crippen MR) is 80.2 cm³/mol. The summed E-state index contributed by atoms with van der Waals surface area (Å²) in [6.45, 7) is 2.80. The summed E-state index contributed by atoms with van der Waals surface area (Å²) in [4.78, 5) is 25.6. The number of carbonyl (C=O) groups excluding carboxylic acids is 2. The predicted octanol–water partition coefficient (Wildman–Crippen LogP) is 1.30. The van der Waals surface area contributed by atoms with Crippen LogP contribution in [-0.4, -0.2) is 47.6 Å². The Morgan fingerprint density at radius 3 is 2.81 bits per heavy atom. The van der Waals surface area contributed by atoms with E-state index in [4.69, 9.17) is 11.6 Å². The third-order valence-corrected chi connectivity index (χ3v) is 4.12. The van der Waals surface area contributed by atoms with Crippen LogP contribution in [0.1, 0.15) is 23.7 Å². The first kappa shape index (κ1) is 15.8. The molecular weight excluding hydrogens is 292 g/mol. The normalized spacial score (nSPS) is 22.0. The standard InChI is InChI=1S/C15H19ClN2O3/c1-10-6-7-18(9-13(10)19)14(20)8-17-15(21)11-4-2-3-5-12(11)16/h2-5,10,13,19H,6-9H2,1H3,(H,17,21). The summed E-state index contributed by atoms with van der Waals surface area (Å²) in [5.74, 6) is -0.368. The number of β-amino-alcohol motifs (C(OH)–C–C–N with tert-alkyl or cyclic N) is 1. The van der Waals surface area contributed by atoms with Crippen molar-refractivity contribution >= 4 is 23.4 Å². The Kier molecular flexibility index (Phi) is 5.20. The van der Waals surface area contributed by atoms with Crippen LogP contribution >= 0.6 is 11.6 Å². The largest absolute Gasteiger partial charge is 0.391 e. The quantitative estimate of drug-likeness (QED) is 0.884. The molecule has 2 N–H and O–H groups in total. The average molecular weight is 311 g/mol. The lowest BCUT2D eigenvalue weighted by Crippen LogP contribution is -2.49. The number of aliphatic hydroxyl groups excluding tert-OH is 1. The number of hydrogen-bond donors (Lipinski definition) is 2. The fourth-order valence-corrected chi connectivity index (χ4v) is 2.51. The van der Waals surface area contributed by atoms with E-state index in [0.717, 1.165) is 6.42 Å². The highest BCUT2D eigenvalue weighted by Crippen LogP contribution is 2.17. The van der Waals surface area contributed by atoms with Crippen LogP contribution < -0.4 is 5.32 Å². The SMILES string of the molecule is CC1CCN(C(=O)CNC(=O)c2ccccc2Cl)CC1O. The number of amides is 2. The molecule has 2 atom stereocenters. The third-order valence-electron chi connectivity index (χ3n) is 3.79. The fraction of sp³-hybridized carbons (Fsp3) is 0.467. The number of hydrogen-bond acceptors (Lipinski definition) is 3. The van der Waals surface area contributed by atoms with Gasteiger partial charge in [-0.25, -0.2) is 0 Å². The zero-order chi connectivity index (χ0) is 15.4. The first-order valence-corrected chi connectivity index (χ1v) is 7.35. The maximum absolute atomic E-state index is 12.0. The third kappa shape index (κ3) is 3.95. The summed E-state index contributed by atoms with van der Waals surface area (Å²) in [6.07, 6.45) is 0.271. The highest BCUT2D eigenvalue weighted by Gasteiger charge is 2.27. The van der Waals surface area contributed by atoms with Crippen molar-refractivity contribution in [3.63, 3.8) is 0 Å². The summed E-state index contributed by atoms with van der Waals surface area (Å²) in [7, 11) is 0. The second kappa shape index (κ2) is 6.91. The van der Waals surface area contributed by atoms with Crippen LogP contribution in [0.2, 0.25) is 5.02 Å². The first-order chi connectivity index (χ1) is 9.99. The van der Waals surface area contributed by atoms with E-state index in [9.17, 15) is 14.7 Å². The maximum atomic E-state index is 12.0. The number of nitrogens with zero attached hydrogens (tertiary/aromatic N) is 1. The fourth-order valence-electron chi connectivity index (χ4n) is 2.28. The molecule has 2 rings (SSSR count). The molecule has 0 saturated carbocycles. The van der Waals surface area contributed by atoms with Crippen molar-refractivity contribution in [2.24, 2.45) is 5.92 Å². The Bertz CT molecular complexity index is 535. The van der Waals surface area contributed by atoms with E-state index in [1.165, 1.54) is 0 Å². The molecule has 114 valence electrons. The Morgan fingerprint density at radius 2 is 2.14 bits per heavy atom. The second-order valence-electron chi connectivity index (χ2n) is 5.34. The van der Waals surface area contributed by atoms with Crippen LogP contribution in [0.15, 0.2) is 24.3 Å². The molecule has 0 aliphatic carbocycles. The molecule has 0 radical (unpaired) electrons. The van der Waals surface area contributed by atoms with Gasteiger partial charge in [-0.1, -0.05) is 30.7 Å². The summed E-state index contributed by atoms with van der Waals surface area (Å²) >= 11 is 5.93. The molecule has 0 aromatic heterocycles. The number of benzene rings is 1. The monoisotopic (exact) mass is 310 g/mol. The summed E-state index contributed by atoms with van der Waals surface area (Å²) in [5, 5.41) is 12.7. The van der Waals surface area contributed by atoms with Crippen LogP contribution in [-0.2, 0) is 4.79 Å². The zero-order valence-corrected chi connectivity index (χ0v) is 12.6. The van der Waals surface area contributed by atoms with E-state index in [1.807, 2.05) is 6.92 Å². The topological polar surface area (TPSA) is 69.6 Å². The van der Waals surface area contributed by atoms with Gasteiger partial charge in [0.25, 0.3) is 5.91 Å². The minimum absolute atomic E-state index is 0.0921. The van der Waals surface area contributed by atoms with Crippen molar-refractivity contribution in [2.45, 2.75) is 19.4 Å². The van der Waals surface area contributed by atoms with Crippen molar-refractivity contribution in [1.29, 1.82) is 0 Å². The van der Waals surface area contributed by atoms with Crippen molar-refractivity contribution < 1.29 is 14.7 Å². The van der Waals surface area contributed by atoms with Crippen molar-refractivity contribution in [1.82, 2.24) is 10.2 Å². The highest BCUT2D eigenvalue weighted by molar-refractivity contribution is 6.33. The van der Waals surface area contributed by atoms with Crippen LogP contribution in [0.25, 0.3) is 0 Å². The summed E-state index contributed by atoms with van der Waals surface area (Å²) in [6, 6.07) is 6.68. The Labute approximate surface area is 128 Å². The number of halogens is 1. The number of rotatable bonds is 3. The van der Waals surface area contributed by atoms with Crippen LogP contribution in [0.5, 0.6) is 0 Å². The minimum atomic E-state index is -0.498. The van der Waals surface area contributed by atoms with Gasteiger partial charge >= 0.3 is 0 Å². The van der Waals surface area contributed by atoms with Gasteiger partial charge < -0.3 is 15.3 Å². The van der Waals surface area contributed by atoms with Crippen molar-refractivity contribution in [3.05, 3.63) is 34.9 Å². The van der Waals surface area contributed by atoms with Gasteiger partial charge in [-0.2, -0.15) is 0 Å². The molecule has 1 aromatic rings. The summed E-state index contributed by atoms with van der Waals surface area (Å²) in [5.41, 5.74) is 0.347. The molecule has 1 aromatic carbocycles. The van der Waals surface area contributed by atoms with E-state index < -0.39 is 6.10 Å². The molecule has 6 heteroatoms. The molecule has 1 heterocycles. The average Bonchev–Trinajstić information content (AvgIpc) is 2.47. The zero-order valence-electron chi connectivity index (χ0n) is 11.9. The van der Waals surface area contributed by atoms with Gasteiger partial charge in [0, 0.05) is 13.1 Å². The molecule has 5 nitrogen and oxygen atoms in total. The van der Waals surface area contributed by atoms with Gasteiger partial charge in [-0.15, -0.1) is 0 Å². The van der Waals surface area contributed by atoms with E-state index in [2.05, 4.69) is 5.32 Å². The van der Waals surface area contributed by atoms with Gasteiger partial charge in [0.2, 0.25) is 5.91 Å². The lowest BCUT2D eigenvalue weighted by atomic mass is 9.96. The van der Waals surface area contributed by atoms with Crippen molar-refractivity contribution in [3.8, 4) is 0 Å². The van der Waals surface area contributed by atoms with E-state index in [1.54, 1.807) is 29.2 Å². The molecule has 1 saturated heterocycles. The molecule has 2 unspecified atom stereocenters. The number of carbonyl (C=O) groups is 2. The van der Waals surface area contributed by atoms with Gasteiger partial charge in [-0.05, 0) is 24.5 Å². The number of likely N-dealkylation sites (tertiary alicyclic amines) is 1. The molecule has 1 aliphatic heterocycles. The van der Waals surface area contributed by atoms with Crippen LogP contribution in [0.3, 0.4) is 0 Å². The molecule has 0 bridgehead atoms. The number of aliphatic hydroxyl groups is 1. The Morgan fingerprint density at radius 1 is 1.43 bits per heavy atom. The molecule has 2 amide bonds. The summed E-state index contributed by atoms with van der Waals surface area (Å²) < 4.78 is 0. The van der Waals surface area contributed by atoms with Gasteiger partial charge in [0.15, 0.2) is 0 Å². The van der Waals surface area contributed by atoms with E-state index >= 15 is 0 Å².